The van der Waals surface area contributed by atoms with Crippen LogP contribution in [0.25, 0.3) is 0 Å². The van der Waals surface area contributed by atoms with E-state index in [0.717, 1.165) is 6.08 Å². The molecule has 6 heteroatoms. The summed E-state index contributed by atoms with van der Waals surface area (Å²) in [6, 6.07) is 0. The molecule has 0 saturated carbocycles. The zero-order valence-corrected chi connectivity index (χ0v) is 7.71. The average Bonchev–Trinajstić information content (AvgIpc) is 1.87. The van der Waals surface area contributed by atoms with Gasteiger partial charge in [-0.2, -0.15) is 8.42 Å². The van der Waals surface area contributed by atoms with Gasteiger partial charge in [0.25, 0.3) is 10.1 Å². The van der Waals surface area contributed by atoms with E-state index in [1.165, 1.54) is 13.8 Å². The summed E-state index contributed by atoms with van der Waals surface area (Å²) in [5.74, 6) is -0.981. The maximum atomic E-state index is 9.89. The summed E-state index contributed by atoms with van der Waals surface area (Å²) >= 11 is 0. The number of hydrogen-bond acceptors (Lipinski definition) is 3. The molecular formula is C6H12O5S. The van der Waals surface area contributed by atoms with Crippen molar-refractivity contribution in [3.05, 3.63) is 12.7 Å². The summed E-state index contributed by atoms with van der Waals surface area (Å²) in [7, 11) is -3.74. The van der Waals surface area contributed by atoms with Crippen LogP contribution < -0.4 is 0 Å². The summed E-state index contributed by atoms with van der Waals surface area (Å²) in [5, 5.41) is 6.93. The van der Waals surface area contributed by atoms with Gasteiger partial charge < -0.3 is 5.11 Å². The summed E-state index contributed by atoms with van der Waals surface area (Å²) < 4.78 is 27.8. The highest BCUT2D eigenvalue weighted by Crippen LogP contribution is 1.91. The molecule has 0 aliphatic carbocycles. The molecule has 0 aromatic carbocycles. The maximum absolute atomic E-state index is 9.89. The highest BCUT2D eigenvalue weighted by molar-refractivity contribution is 7.86. The van der Waals surface area contributed by atoms with Crippen molar-refractivity contribution in [2.45, 2.75) is 19.1 Å². The number of carboxylic acid groups (broad SMARTS) is 1. The zero-order valence-electron chi connectivity index (χ0n) is 6.89. The van der Waals surface area contributed by atoms with Crippen LogP contribution in [0, 0.1) is 0 Å². The Morgan fingerprint density at radius 1 is 1.50 bits per heavy atom. The van der Waals surface area contributed by atoms with Crippen LogP contribution in [0.4, 0.5) is 0 Å². The number of carboxylic acids is 1. The molecule has 0 aromatic heterocycles. The van der Waals surface area contributed by atoms with Gasteiger partial charge in [0.15, 0.2) is 0 Å². The Kier molecular flexibility index (Phi) is 6.54. The zero-order chi connectivity index (χ0) is 10.4. The van der Waals surface area contributed by atoms with Crippen molar-refractivity contribution in [1.29, 1.82) is 0 Å². The van der Waals surface area contributed by atoms with E-state index in [4.69, 9.17) is 9.66 Å². The third-order valence-electron chi connectivity index (χ3n) is 0.770. The Balaban J connectivity index is 0. The molecule has 0 fully saturated rings. The van der Waals surface area contributed by atoms with Crippen LogP contribution in [-0.4, -0.2) is 29.3 Å². The first-order chi connectivity index (χ1) is 5.21. The molecule has 0 saturated heterocycles. The van der Waals surface area contributed by atoms with Gasteiger partial charge in [0.05, 0.1) is 5.25 Å². The second kappa shape index (κ2) is 5.73. The lowest BCUT2D eigenvalue weighted by molar-refractivity contribution is -0.131. The Bertz CT molecular complexity index is 239. The van der Waals surface area contributed by atoms with Crippen LogP contribution in [0.5, 0.6) is 0 Å². The number of rotatable bonds is 2. The van der Waals surface area contributed by atoms with E-state index in [1.807, 2.05) is 0 Å². The maximum Gasteiger partial charge on any atom is 0.327 e. The molecule has 5 nitrogen and oxygen atoms in total. The second-order valence-corrected chi connectivity index (χ2v) is 4.08. The summed E-state index contributed by atoms with van der Waals surface area (Å²) in [6.45, 7) is 5.78. The van der Waals surface area contributed by atoms with Crippen LogP contribution in [0.15, 0.2) is 12.7 Å². The van der Waals surface area contributed by atoms with Crippen LogP contribution >= 0.6 is 0 Å². The predicted octanol–water partition coefficient (Wildman–Crippen LogP) is 0.540. The van der Waals surface area contributed by atoms with E-state index in [1.54, 1.807) is 0 Å². The summed E-state index contributed by atoms with van der Waals surface area (Å²) in [6.07, 6.45) is 0.833. The van der Waals surface area contributed by atoms with E-state index < -0.39 is 21.3 Å². The normalized spacial score (nSPS) is 10.0. The van der Waals surface area contributed by atoms with E-state index in [-0.39, 0.29) is 0 Å². The van der Waals surface area contributed by atoms with Gasteiger partial charge in [-0.15, -0.1) is 0 Å². The Labute approximate surface area is 71.5 Å². The van der Waals surface area contributed by atoms with Gasteiger partial charge in [-0.25, -0.2) is 4.79 Å². The Morgan fingerprint density at radius 2 is 1.67 bits per heavy atom. The fourth-order valence-electron chi connectivity index (χ4n) is 0. The molecule has 0 atom stereocenters. The van der Waals surface area contributed by atoms with Gasteiger partial charge in [0.1, 0.15) is 0 Å². The molecule has 0 aliphatic heterocycles. The number of carbonyl (C=O) groups is 1. The first-order valence-electron chi connectivity index (χ1n) is 3.03. The van der Waals surface area contributed by atoms with Gasteiger partial charge in [-0.05, 0) is 13.8 Å². The molecule has 0 heterocycles. The molecule has 12 heavy (non-hydrogen) atoms. The second-order valence-electron chi connectivity index (χ2n) is 2.11. The highest BCUT2D eigenvalue weighted by Gasteiger charge is 2.08. The molecule has 72 valence electrons. The fraction of sp³-hybridized carbons (Fsp3) is 0.500. The Hall–Kier alpha value is -0.880. The molecule has 0 aromatic rings. The SMILES string of the molecule is C=CC(=O)O.CC(C)S(=O)(=O)O. The van der Waals surface area contributed by atoms with E-state index >= 15 is 0 Å². The highest BCUT2D eigenvalue weighted by atomic mass is 32.2. The van der Waals surface area contributed by atoms with Gasteiger partial charge >= 0.3 is 5.97 Å². The fourth-order valence-corrected chi connectivity index (χ4v) is 0. The third-order valence-corrected chi connectivity index (χ3v) is 1.96. The monoisotopic (exact) mass is 196 g/mol. The largest absolute Gasteiger partial charge is 0.478 e. The van der Waals surface area contributed by atoms with Gasteiger partial charge in [-0.3, -0.25) is 4.55 Å². The number of hydrogen-bond donors (Lipinski definition) is 2. The van der Waals surface area contributed by atoms with E-state index in [9.17, 15) is 13.2 Å². The third kappa shape index (κ3) is 11.9. The minimum atomic E-state index is -3.74. The van der Waals surface area contributed by atoms with E-state index in [0.29, 0.717) is 0 Å². The molecule has 0 rings (SSSR count). The van der Waals surface area contributed by atoms with Crippen LogP contribution in [0.3, 0.4) is 0 Å². The Morgan fingerprint density at radius 3 is 1.67 bits per heavy atom. The predicted molar refractivity (Wildman–Crippen MR) is 44.5 cm³/mol. The summed E-state index contributed by atoms with van der Waals surface area (Å²) in [5.41, 5.74) is 0. The first kappa shape index (κ1) is 13.7. The van der Waals surface area contributed by atoms with E-state index in [2.05, 4.69) is 6.58 Å². The first-order valence-corrected chi connectivity index (χ1v) is 4.53. The topological polar surface area (TPSA) is 91.7 Å². The molecule has 0 amide bonds. The summed E-state index contributed by atoms with van der Waals surface area (Å²) in [4.78, 5) is 9.25. The van der Waals surface area contributed by atoms with Crippen molar-refractivity contribution in [2.24, 2.45) is 0 Å². The minimum absolute atomic E-state index is 0.674. The molecule has 0 spiro atoms. The van der Waals surface area contributed by atoms with Gasteiger partial charge in [-0.1, -0.05) is 6.58 Å². The van der Waals surface area contributed by atoms with Crippen molar-refractivity contribution in [3.63, 3.8) is 0 Å². The van der Waals surface area contributed by atoms with Crippen molar-refractivity contribution < 1.29 is 22.9 Å². The minimum Gasteiger partial charge on any atom is -0.478 e. The molecule has 2 N–H and O–H groups in total. The molecule has 0 radical (unpaired) electrons. The van der Waals surface area contributed by atoms with Crippen molar-refractivity contribution in [3.8, 4) is 0 Å². The van der Waals surface area contributed by atoms with Gasteiger partial charge in [0, 0.05) is 6.08 Å². The van der Waals surface area contributed by atoms with Crippen molar-refractivity contribution in [1.82, 2.24) is 0 Å². The van der Waals surface area contributed by atoms with Gasteiger partial charge in [0.2, 0.25) is 0 Å². The standard InChI is InChI=1S/C3H8O3S.C3H4O2/c1-3(2)7(4,5)6;1-2-3(4)5/h3H,1-2H3,(H,4,5,6);2H,1H2,(H,4,5). The lowest BCUT2D eigenvalue weighted by atomic mass is 10.6. The molecular weight excluding hydrogens is 184 g/mol. The lowest BCUT2D eigenvalue weighted by Crippen LogP contribution is -2.10. The lowest BCUT2D eigenvalue weighted by Gasteiger charge is -1.94. The van der Waals surface area contributed by atoms with Crippen LogP contribution in [0.2, 0.25) is 0 Å². The van der Waals surface area contributed by atoms with Crippen molar-refractivity contribution in [2.75, 3.05) is 0 Å². The molecule has 0 unspecified atom stereocenters. The smallest absolute Gasteiger partial charge is 0.327 e. The molecule has 0 aliphatic rings. The average molecular weight is 196 g/mol. The quantitative estimate of drug-likeness (QED) is 0.496. The van der Waals surface area contributed by atoms with Crippen molar-refractivity contribution >= 4 is 16.1 Å². The molecule has 0 bridgehead atoms. The van der Waals surface area contributed by atoms with Crippen LogP contribution in [0.1, 0.15) is 13.8 Å². The van der Waals surface area contributed by atoms with Crippen LogP contribution in [-0.2, 0) is 14.9 Å². The number of aliphatic carboxylic acids is 1.